The zero-order chi connectivity index (χ0) is 15.1. The molecule has 7 heteroatoms. The molecule has 6 nitrogen and oxygen atoms in total. The van der Waals surface area contributed by atoms with Crippen LogP contribution in [0.1, 0.15) is 5.69 Å². The molecule has 21 heavy (non-hydrogen) atoms. The molecule has 1 unspecified atom stereocenters. The number of para-hydroxylation sites is 1. The number of sulfonamides is 1. The van der Waals surface area contributed by atoms with Crippen LogP contribution in [0.25, 0.3) is 0 Å². The molecule has 0 saturated carbocycles. The van der Waals surface area contributed by atoms with Crippen LogP contribution in [0.5, 0.6) is 5.75 Å². The van der Waals surface area contributed by atoms with E-state index in [-0.39, 0.29) is 13.0 Å². The van der Waals surface area contributed by atoms with Crippen LogP contribution in [-0.2, 0) is 16.4 Å². The van der Waals surface area contributed by atoms with Crippen LogP contribution in [0.3, 0.4) is 0 Å². The highest BCUT2D eigenvalue weighted by atomic mass is 32.2. The molecule has 1 aromatic heterocycles. The lowest BCUT2D eigenvalue weighted by Crippen LogP contribution is -2.37. The first kappa shape index (κ1) is 15.4. The van der Waals surface area contributed by atoms with Crippen LogP contribution < -0.4 is 9.46 Å². The third-order valence-electron chi connectivity index (χ3n) is 2.98. The van der Waals surface area contributed by atoms with Gasteiger partial charge in [0.15, 0.2) is 0 Å². The van der Waals surface area contributed by atoms with Crippen molar-refractivity contribution in [2.24, 2.45) is 0 Å². The summed E-state index contributed by atoms with van der Waals surface area (Å²) in [7, 11) is -2.07. The molecule has 0 fully saturated rings. The minimum atomic E-state index is -3.46. The van der Waals surface area contributed by atoms with E-state index in [4.69, 9.17) is 4.74 Å². The van der Waals surface area contributed by atoms with Crippen molar-refractivity contribution >= 4 is 10.0 Å². The zero-order valence-electron chi connectivity index (χ0n) is 11.6. The summed E-state index contributed by atoms with van der Waals surface area (Å²) in [5, 5.41) is -0.724. The molecule has 0 amide bonds. The molecule has 2 rings (SSSR count). The van der Waals surface area contributed by atoms with Crippen molar-refractivity contribution in [2.75, 3.05) is 13.7 Å². The normalized spacial score (nSPS) is 12.8. The molecule has 2 aromatic rings. The molecule has 0 bridgehead atoms. The van der Waals surface area contributed by atoms with Crippen molar-refractivity contribution in [3.63, 3.8) is 0 Å². The maximum atomic E-state index is 12.1. The summed E-state index contributed by atoms with van der Waals surface area (Å²) in [4.78, 5) is 7.88. The van der Waals surface area contributed by atoms with E-state index in [2.05, 4.69) is 14.7 Å². The number of ether oxygens (including phenoxy) is 1. The molecule has 0 saturated heterocycles. The lowest BCUT2D eigenvalue weighted by atomic mass is 10.2. The second-order valence-corrected chi connectivity index (χ2v) is 6.56. The molecule has 0 aliphatic heterocycles. The predicted octanol–water partition coefficient (Wildman–Crippen LogP) is 1.02. The highest BCUT2D eigenvalue weighted by Gasteiger charge is 2.25. The van der Waals surface area contributed by atoms with Gasteiger partial charge >= 0.3 is 0 Å². The number of aromatic nitrogens is 2. The van der Waals surface area contributed by atoms with Gasteiger partial charge in [-0.2, -0.15) is 0 Å². The molecular weight excluding hydrogens is 290 g/mol. The molecule has 1 heterocycles. The van der Waals surface area contributed by atoms with Gasteiger partial charge in [0.2, 0.25) is 10.0 Å². The SMILES string of the molecule is CNS(=O)(=O)C(COc1ccccc1)Cc1ccncn1. The average molecular weight is 307 g/mol. The van der Waals surface area contributed by atoms with Gasteiger partial charge in [0.25, 0.3) is 0 Å². The topological polar surface area (TPSA) is 81.2 Å². The summed E-state index contributed by atoms with van der Waals surface area (Å²) >= 11 is 0. The van der Waals surface area contributed by atoms with E-state index in [1.54, 1.807) is 24.4 Å². The van der Waals surface area contributed by atoms with E-state index in [9.17, 15) is 8.42 Å². The molecule has 0 spiro atoms. The smallest absolute Gasteiger partial charge is 0.217 e. The number of benzene rings is 1. The molecule has 112 valence electrons. The van der Waals surface area contributed by atoms with Gasteiger partial charge in [0.1, 0.15) is 23.9 Å². The van der Waals surface area contributed by atoms with Crippen LogP contribution >= 0.6 is 0 Å². The maximum Gasteiger partial charge on any atom is 0.217 e. The van der Waals surface area contributed by atoms with E-state index in [0.717, 1.165) is 0 Å². The van der Waals surface area contributed by atoms with Gasteiger partial charge in [-0.1, -0.05) is 18.2 Å². The Balaban J connectivity index is 2.10. The minimum Gasteiger partial charge on any atom is -0.492 e. The number of rotatable bonds is 7. The fourth-order valence-electron chi connectivity index (χ4n) is 1.80. The molecule has 1 aromatic carbocycles. The Kier molecular flexibility index (Phi) is 5.24. The fourth-order valence-corrected chi connectivity index (χ4v) is 2.77. The highest BCUT2D eigenvalue weighted by Crippen LogP contribution is 2.12. The van der Waals surface area contributed by atoms with Crippen molar-refractivity contribution in [3.05, 3.63) is 54.6 Å². The Morgan fingerprint density at radius 2 is 2.00 bits per heavy atom. The third-order valence-corrected chi connectivity index (χ3v) is 4.73. The monoisotopic (exact) mass is 307 g/mol. The molecular formula is C14H17N3O3S. The average Bonchev–Trinajstić information content (AvgIpc) is 2.53. The van der Waals surface area contributed by atoms with Crippen LogP contribution in [-0.4, -0.2) is 37.3 Å². The van der Waals surface area contributed by atoms with Gasteiger partial charge in [0, 0.05) is 18.3 Å². The summed E-state index contributed by atoms with van der Waals surface area (Å²) in [6, 6.07) is 10.8. The second kappa shape index (κ2) is 7.14. The number of hydrogen-bond donors (Lipinski definition) is 1. The van der Waals surface area contributed by atoms with Crippen LogP contribution in [0.15, 0.2) is 48.9 Å². The Labute approximate surface area is 124 Å². The lowest BCUT2D eigenvalue weighted by Gasteiger charge is -2.17. The largest absolute Gasteiger partial charge is 0.492 e. The van der Waals surface area contributed by atoms with Gasteiger partial charge in [-0.3, -0.25) is 0 Å². The van der Waals surface area contributed by atoms with Gasteiger partial charge in [-0.05, 0) is 25.2 Å². The van der Waals surface area contributed by atoms with Gasteiger partial charge in [-0.15, -0.1) is 0 Å². The lowest BCUT2D eigenvalue weighted by molar-refractivity contribution is 0.310. The molecule has 1 N–H and O–H groups in total. The summed E-state index contributed by atoms with van der Waals surface area (Å²) in [6.45, 7) is 0.0528. The standard InChI is InChI=1S/C14H17N3O3S/c1-15-21(18,19)14(9-12-7-8-16-11-17-12)10-20-13-5-3-2-4-6-13/h2-8,11,14-15H,9-10H2,1H3. The number of nitrogens with one attached hydrogen (secondary N) is 1. The predicted molar refractivity (Wildman–Crippen MR) is 79.4 cm³/mol. The Hall–Kier alpha value is -1.99. The van der Waals surface area contributed by atoms with Gasteiger partial charge in [-0.25, -0.2) is 23.1 Å². The fraction of sp³-hybridized carbons (Fsp3) is 0.286. The van der Waals surface area contributed by atoms with Crippen molar-refractivity contribution in [1.82, 2.24) is 14.7 Å². The first-order valence-corrected chi connectivity index (χ1v) is 8.01. The number of nitrogens with zero attached hydrogens (tertiary/aromatic N) is 2. The van der Waals surface area contributed by atoms with Crippen molar-refractivity contribution in [3.8, 4) is 5.75 Å². The maximum absolute atomic E-state index is 12.1. The third kappa shape index (κ3) is 4.51. The molecule has 0 radical (unpaired) electrons. The Morgan fingerprint density at radius 1 is 1.24 bits per heavy atom. The molecule has 0 aliphatic rings. The summed E-state index contributed by atoms with van der Waals surface area (Å²) in [5.41, 5.74) is 0.658. The molecule has 1 atom stereocenters. The van der Waals surface area contributed by atoms with Crippen LogP contribution in [0, 0.1) is 0 Å². The van der Waals surface area contributed by atoms with E-state index in [1.165, 1.54) is 13.4 Å². The summed E-state index contributed by atoms with van der Waals surface area (Å²) < 4.78 is 32.1. The number of hydrogen-bond acceptors (Lipinski definition) is 5. The Morgan fingerprint density at radius 3 is 2.62 bits per heavy atom. The first-order chi connectivity index (χ1) is 10.1. The minimum absolute atomic E-state index is 0.0528. The second-order valence-electron chi connectivity index (χ2n) is 4.40. The molecule has 0 aliphatic carbocycles. The van der Waals surface area contributed by atoms with Crippen LogP contribution in [0.2, 0.25) is 0 Å². The van der Waals surface area contributed by atoms with Gasteiger partial charge in [0.05, 0.1) is 0 Å². The first-order valence-electron chi connectivity index (χ1n) is 6.47. The Bertz CT molecular complexity index is 648. The quantitative estimate of drug-likeness (QED) is 0.826. The van der Waals surface area contributed by atoms with E-state index < -0.39 is 15.3 Å². The zero-order valence-corrected chi connectivity index (χ0v) is 12.5. The van der Waals surface area contributed by atoms with E-state index in [0.29, 0.717) is 11.4 Å². The van der Waals surface area contributed by atoms with Gasteiger partial charge < -0.3 is 4.74 Å². The van der Waals surface area contributed by atoms with Crippen molar-refractivity contribution < 1.29 is 13.2 Å². The summed E-state index contributed by atoms with van der Waals surface area (Å²) in [5.74, 6) is 0.636. The van der Waals surface area contributed by atoms with Crippen LogP contribution in [0.4, 0.5) is 0 Å². The summed E-state index contributed by atoms with van der Waals surface area (Å²) in [6.07, 6.45) is 3.25. The highest BCUT2D eigenvalue weighted by molar-refractivity contribution is 7.90. The van der Waals surface area contributed by atoms with Crippen molar-refractivity contribution in [2.45, 2.75) is 11.7 Å². The van der Waals surface area contributed by atoms with Crippen molar-refractivity contribution in [1.29, 1.82) is 0 Å². The van der Waals surface area contributed by atoms with E-state index >= 15 is 0 Å². The van der Waals surface area contributed by atoms with E-state index in [1.807, 2.05) is 18.2 Å².